The first-order valence-corrected chi connectivity index (χ1v) is 44.4. The SMILES string of the molecule is c1cc2cccc3c4cccc5cccc(c(c1)c23)c54.c1ccc2c(c1)c1ccccc1c1ccccc21.c1ccc2c(c1)c1ccccc1c1ccccc21.c1ccc2c(c1)c1ccccc1c1ccccc21.c1ccc2c(c1)ccc1ccc3ccccc3c12.c1ccc2c(c1)ccc1ccc3ccccc3c12.c1ccc2c(c1)ccc1ccc3ccccc3c12. The maximum absolute atomic E-state index is 2.25. The zero-order valence-corrected chi connectivity index (χ0v) is 70.5. The summed E-state index contributed by atoms with van der Waals surface area (Å²) in [4.78, 5) is 0. The molecule has 0 unspecified atom stereocenters. The largest absolute Gasteiger partial charge is 0.0616 e. The van der Waals surface area contributed by atoms with Gasteiger partial charge in [0.15, 0.2) is 0 Å². The minimum absolute atomic E-state index is 1.31. The van der Waals surface area contributed by atoms with Gasteiger partial charge in [-0.05, 0) is 237 Å². The Balaban J connectivity index is 0.0000000855. The lowest BCUT2D eigenvalue weighted by atomic mass is 9.90. The number of hydrogen-bond donors (Lipinski definition) is 0. The first kappa shape index (κ1) is 76.3. The van der Waals surface area contributed by atoms with Gasteiger partial charge in [0.2, 0.25) is 0 Å². The van der Waals surface area contributed by atoms with Crippen LogP contribution in [0.4, 0.5) is 0 Å². The Morgan fingerprint density at radius 1 is 0.0547 bits per heavy atom. The van der Waals surface area contributed by atoms with Crippen molar-refractivity contribution in [1.82, 2.24) is 0 Å². The summed E-state index contributed by atoms with van der Waals surface area (Å²) in [6.07, 6.45) is 0. The number of fused-ring (bicyclic) bond motifs is 35. The topological polar surface area (TPSA) is 0 Å². The first-order chi connectivity index (χ1) is 63.6. The molecule has 0 spiro atoms. The van der Waals surface area contributed by atoms with Crippen LogP contribution < -0.4 is 0 Å². The van der Waals surface area contributed by atoms with E-state index in [0.29, 0.717) is 0 Å². The van der Waals surface area contributed by atoms with Crippen LogP contribution in [0.3, 0.4) is 0 Å². The van der Waals surface area contributed by atoms with Crippen LogP contribution in [0.25, 0.3) is 237 Å². The first-order valence-electron chi connectivity index (χ1n) is 44.4. The molecule has 0 radical (unpaired) electrons. The van der Waals surface area contributed by atoms with Crippen LogP contribution in [0, 0.1) is 0 Å². The second kappa shape index (κ2) is 33.2. The summed E-state index contributed by atoms with van der Waals surface area (Å²) in [6.45, 7) is 0. The molecule has 0 aromatic heterocycles. The van der Waals surface area contributed by atoms with Crippen LogP contribution in [0.1, 0.15) is 0 Å². The quantitative estimate of drug-likeness (QED) is 0.105. The molecule has 29 rings (SSSR count). The molecule has 0 N–H and O–H groups in total. The Hall–Kier alpha value is -16.6. The fraction of sp³-hybridized carbons (Fsp3) is 0. The predicted octanol–water partition coefficient (Wildman–Crippen LogP) is 36.6. The van der Waals surface area contributed by atoms with Gasteiger partial charge in [-0.25, -0.2) is 0 Å². The number of rotatable bonds is 0. The van der Waals surface area contributed by atoms with Crippen molar-refractivity contribution in [2.75, 3.05) is 0 Å². The van der Waals surface area contributed by atoms with Crippen molar-refractivity contribution < 1.29 is 0 Å². The Kier molecular flexibility index (Phi) is 19.8. The second-order valence-corrected chi connectivity index (χ2v) is 33.3. The van der Waals surface area contributed by atoms with Gasteiger partial charge in [0.05, 0.1) is 0 Å². The minimum Gasteiger partial charge on any atom is -0.0616 e. The van der Waals surface area contributed by atoms with E-state index in [-0.39, 0.29) is 0 Å². The Bertz CT molecular complexity index is 7540. The third-order valence-electron chi connectivity index (χ3n) is 26.2. The fourth-order valence-electron chi connectivity index (χ4n) is 20.5. The summed E-state index contributed by atoms with van der Waals surface area (Å²) in [5.74, 6) is 0. The molecule has 0 amide bonds. The van der Waals surface area contributed by atoms with E-state index < -0.39 is 0 Å². The fourth-order valence-corrected chi connectivity index (χ4v) is 20.5. The molecule has 0 saturated carbocycles. The van der Waals surface area contributed by atoms with Gasteiger partial charge in [-0.2, -0.15) is 0 Å². The van der Waals surface area contributed by atoms with E-state index in [9.17, 15) is 0 Å². The van der Waals surface area contributed by atoms with E-state index in [4.69, 9.17) is 0 Å². The summed E-state index contributed by atoms with van der Waals surface area (Å²) >= 11 is 0. The minimum atomic E-state index is 1.31. The number of benzene rings is 29. The van der Waals surface area contributed by atoms with Crippen LogP contribution >= 0.6 is 0 Å². The van der Waals surface area contributed by atoms with Crippen molar-refractivity contribution >= 4 is 237 Å². The predicted molar refractivity (Wildman–Crippen MR) is 561 cm³/mol. The smallest absolute Gasteiger partial charge is 0.00264 e. The van der Waals surface area contributed by atoms with Crippen molar-refractivity contribution in [3.05, 3.63) is 510 Å². The molecule has 0 aliphatic rings. The average Bonchev–Trinajstić information content (AvgIpc) is 0.719. The van der Waals surface area contributed by atoms with Gasteiger partial charge in [0, 0.05) is 0 Å². The van der Waals surface area contributed by atoms with E-state index in [1.165, 1.54) is 237 Å². The average molecular weight is 1620 g/mol. The van der Waals surface area contributed by atoms with Crippen molar-refractivity contribution in [2.24, 2.45) is 0 Å². The van der Waals surface area contributed by atoms with Crippen LogP contribution in [0.15, 0.2) is 510 Å². The van der Waals surface area contributed by atoms with Gasteiger partial charge in [0.25, 0.3) is 0 Å². The summed E-state index contributed by atoms with van der Waals surface area (Å²) < 4.78 is 0. The van der Waals surface area contributed by atoms with Crippen LogP contribution in [-0.2, 0) is 0 Å². The number of hydrogen-bond acceptors (Lipinski definition) is 0. The zero-order chi connectivity index (χ0) is 84.8. The van der Waals surface area contributed by atoms with E-state index >= 15 is 0 Å². The zero-order valence-electron chi connectivity index (χ0n) is 70.5. The van der Waals surface area contributed by atoms with E-state index in [1.54, 1.807) is 0 Å². The standard InChI is InChI=1S/C20H12.6C18H12/c1-5-13-6-2-11-17-18-12-4-8-14-7-3-10-16(20(14)18)15(9-1)19(13)17;3*1-3-7-16-13(5-1)9-11-15-12-10-14-6-2-4-8-17(14)18(15)16;3*1-2-8-14-13(7-1)15-9-3-4-11-17(15)18-12-6-5-10-16(14)18/h1-12H;6*1-12H. The summed E-state index contributed by atoms with van der Waals surface area (Å²) in [7, 11) is 0. The van der Waals surface area contributed by atoms with Gasteiger partial charge < -0.3 is 0 Å². The van der Waals surface area contributed by atoms with Crippen LogP contribution in [-0.4, -0.2) is 0 Å². The Morgan fingerprint density at radius 2 is 0.141 bits per heavy atom. The highest BCUT2D eigenvalue weighted by molar-refractivity contribution is 6.34. The van der Waals surface area contributed by atoms with E-state index in [2.05, 4.69) is 510 Å². The van der Waals surface area contributed by atoms with Crippen molar-refractivity contribution in [3.8, 4) is 0 Å². The summed E-state index contributed by atoms with van der Waals surface area (Å²) in [5.41, 5.74) is 0. The van der Waals surface area contributed by atoms with Crippen molar-refractivity contribution in [1.29, 1.82) is 0 Å². The molecular weight excluding hydrogens is 1540 g/mol. The highest BCUT2D eigenvalue weighted by Crippen LogP contribution is 2.43. The lowest BCUT2D eigenvalue weighted by Crippen LogP contribution is -1.85. The van der Waals surface area contributed by atoms with Gasteiger partial charge >= 0.3 is 0 Å². The molecule has 0 aliphatic carbocycles. The molecule has 0 heteroatoms. The lowest BCUT2D eigenvalue weighted by molar-refractivity contribution is 1.77. The van der Waals surface area contributed by atoms with E-state index in [0.717, 1.165) is 0 Å². The highest BCUT2D eigenvalue weighted by Gasteiger charge is 2.16. The monoisotopic (exact) mass is 1620 g/mol. The highest BCUT2D eigenvalue weighted by atomic mass is 14.2. The van der Waals surface area contributed by atoms with Crippen molar-refractivity contribution in [2.45, 2.75) is 0 Å². The van der Waals surface area contributed by atoms with Gasteiger partial charge in [0.1, 0.15) is 0 Å². The molecule has 0 bridgehead atoms. The van der Waals surface area contributed by atoms with Crippen LogP contribution in [0.5, 0.6) is 0 Å². The van der Waals surface area contributed by atoms with E-state index in [1.807, 2.05) is 0 Å². The van der Waals surface area contributed by atoms with Crippen LogP contribution in [0.2, 0.25) is 0 Å². The van der Waals surface area contributed by atoms with Gasteiger partial charge in [-0.3, -0.25) is 0 Å². The maximum atomic E-state index is 2.25. The second-order valence-electron chi connectivity index (χ2n) is 33.3. The lowest BCUT2D eigenvalue weighted by Gasteiger charge is -2.13. The molecular formula is C128H84. The molecule has 128 heavy (non-hydrogen) atoms. The maximum Gasteiger partial charge on any atom is -0.00264 e. The molecule has 0 saturated heterocycles. The molecule has 0 fully saturated rings. The Morgan fingerprint density at radius 3 is 0.281 bits per heavy atom. The van der Waals surface area contributed by atoms with Gasteiger partial charge in [-0.1, -0.05) is 510 Å². The third-order valence-corrected chi connectivity index (χ3v) is 26.2. The Labute approximate surface area is 741 Å². The molecule has 0 aliphatic heterocycles. The van der Waals surface area contributed by atoms with Crippen molar-refractivity contribution in [3.63, 3.8) is 0 Å². The molecule has 596 valence electrons. The molecule has 29 aromatic rings. The molecule has 0 heterocycles. The molecule has 29 aromatic carbocycles. The molecule has 0 nitrogen and oxygen atoms in total. The third kappa shape index (κ3) is 13.7. The summed E-state index contributed by atoms with van der Waals surface area (Å²) in [6, 6.07) is 182. The normalized spacial score (nSPS) is 11.4. The summed E-state index contributed by atoms with van der Waals surface area (Å²) in [5, 5.41) is 58.9. The molecule has 0 atom stereocenters. The van der Waals surface area contributed by atoms with Gasteiger partial charge in [-0.15, -0.1) is 0 Å².